The Morgan fingerprint density at radius 1 is 1.22 bits per heavy atom. The highest BCUT2D eigenvalue weighted by atomic mass is 19.4. The van der Waals surface area contributed by atoms with Crippen molar-refractivity contribution in [3.63, 3.8) is 0 Å². The van der Waals surface area contributed by atoms with Crippen LogP contribution in [0.3, 0.4) is 0 Å². The summed E-state index contributed by atoms with van der Waals surface area (Å²) in [7, 11) is 0. The molecule has 2 aromatic heterocycles. The second-order valence-electron chi connectivity index (χ2n) is 9.50. The van der Waals surface area contributed by atoms with E-state index >= 15 is 0 Å². The third-order valence-electron chi connectivity index (χ3n) is 7.15. The van der Waals surface area contributed by atoms with Crippen molar-refractivity contribution in [2.75, 3.05) is 25.6 Å². The number of amides is 1. The van der Waals surface area contributed by atoms with Gasteiger partial charge in [0.1, 0.15) is 5.82 Å². The molecule has 3 aliphatic rings. The van der Waals surface area contributed by atoms with Crippen LogP contribution >= 0.6 is 0 Å². The number of alkyl halides is 3. The maximum Gasteiger partial charge on any atom is 0.392 e. The number of ether oxygens (including phenoxy) is 3. The number of carbonyl (C=O) groups is 1. The lowest BCUT2D eigenvalue weighted by atomic mass is 9.88. The molecule has 2 N–H and O–H groups in total. The lowest BCUT2D eigenvalue weighted by Gasteiger charge is -2.44. The molecule has 0 radical (unpaired) electrons. The van der Waals surface area contributed by atoms with Crippen LogP contribution in [0.15, 0.2) is 24.3 Å². The first-order valence-corrected chi connectivity index (χ1v) is 12.0. The molecule has 3 atom stereocenters. The van der Waals surface area contributed by atoms with Crippen molar-refractivity contribution < 1.29 is 32.2 Å². The van der Waals surface area contributed by atoms with Gasteiger partial charge in [-0.1, -0.05) is 0 Å². The molecule has 1 saturated heterocycles. The normalized spacial score (nSPS) is 23.1. The summed E-state index contributed by atoms with van der Waals surface area (Å²) in [5.74, 6) is 0.285. The van der Waals surface area contributed by atoms with Gasteiger partial charge >= 0.3 is 6.18 Å². The van der Waals surface area contributed by atoms with Crippen molar-refractivity contribution in [2.45, 2.75) is 50.7 Å². The third-order valence-corrected chi connectivity index (χ3v) is 7.15. The van der Waals surface area contributed by atoms with E-state index in [0.717, 1.165) is 27.6 Å². The van der Waals surface area contributed by atoms with E-state index in [1.54, 1.807) is 11.0 Å². The van der Waals surface area contributed by atoms with Crippen LogP contribution in [0, 0.1) is 0 Å². The molecule has 3 aromatic rings. The molecular weight excluding hydrogens is 491 g/mol. The molecule has 0 unspecified atom stereocenters. The van der Waals surface area contributed by atoms with Gasteiger partial charge in [-0.05, 0) is 42.7 Å². The fourth-order valence-electron chi connectivity index (χ4n) is 5.40. The van der Waals surface area contributed by atoms with E-state index in [2.05, 4.69) is 15.2 Å². The Bertz CT molecular complexity index is 1380. The number of morpholine rings is 1. The standard InChI is InChI=1S/C25H24F3N5O4/c1-12-22-17(10-37-12)16-8-15-13(7-19(16)30-23(22)29)6-14-9-35-11-20(33(14)24(15)34)18-2-3-21(32-31-18)36-5-4-25(26,27)28/h2-3,7-8,12,14,20H,4-6,9-11H2,1H3,(H2,29,30)/t12-,14-,20-/m1/s1. The Labute approximate surface area is 209 Å². The molecule has 0 spiro atoms. The zero-order chi connectivity index (χ0) is 25.9. The van der Waals surface area contributed by atoms with Crippen LogP contribution in [0.5, 0.6) is 5.88 Å². The van der Waals surface area contributed by atoms with Gasteiger partial charge in [-0.15, -0.1) is 10.2 Å². The van der Waals surface area contributed by atoms with Crippen LogP contribution in [0.1, 0.15) is 58.2 Å². The second-order valence-corrected chi connectivity index (χ2v) is 9.50. The van der Waals surface area contributed by atoms with E-state index < -0.39 is 25.2 Å². The van der Waals surface area contributed by atoms with Gasteiger partial charge in [-0.3, -0.25) is 4.79 Å². The lowest BCUT2D eigenvalue weighted by Crippen LogP contribution is -2.54. The summed E-state index contributed by atoms with van der Waals surface area (Å²) in [6.07, 6.45) is -4.98. The lowest BCUT2D eigenvalue weighted by molar-refractivity contribution is -0.139. The van der Waals surface area contributed by atoms with E-state index in [4.69, 9.17) is 19.9 Å². The van der Waals surface area contributed by atoms with E-state index in [9.17, 15) is 18.0 Å². The molecule has 1 fully saturated rings. The number of carbonyl (C=O) groups excluding carboxylic acids is 1. The molecule has 6 rings (SSSR count). The Morgan fingerprint density at radius 3 is 2.81 bits per heavy atom. The average Bonchev–Trinajstić information content (AvgIpc) is 3.25. The first-order chi connectivity index (χ1) is 17.7. The minimum absolute atomic E-state index is 0.0138. The number of hydrogen-bond acceptors (Lipinski definition) is 8. The van der Waals surface area contributed by atoms with Gasteiger partial charge in [0.2, 0.25) is 5.88 Å². The van der Waals surface area contributed by atoms with Crippen LogP contribution < -0.4 is 10.5 Å². The number of benzene rings is 1. The number of pyridine rings is 1. The van der Waals surface area contributed by atoms with Crippen molar-refractivity contribution in [3.8, 4) is 5.88 Å². The topological polar surface area (TPSA) is 113 Å². The number of rotatable bonds is 4. The Morgan fingerprint density at radius 2 is 2.05 bits per heavy atom. The SMILES string of the molecule is C[C@H]1OCc2c1c(N)nc1cc3c(cc21)C(=O)N1[C@@H](COC[C@@H]1c1ccc(OCCC(F)(F)F)nn1)C3. The van der Waals surface area contributed by atoms with Crippen molar-refractivity contribution in [2.24, 2.45) is 0 Å². The minimum atomic E-state index is -4.31. The predicted octanol–water partition coefficient (Wildman–Crippen LogP) is 3.67. The average molecular weight is 515 g/mol. The summed E-state index contributed by atoms with van der Waals surface area (Å²) in [4.78, 5) is 20.2. The number of aromatic nitrogens is 3. The minimum Gasteiger partial charge on any atom is -0.476 e. The largest absolute Gasteiger partial charge is 0.476 e. The fourth-order valence-corrected chi connectivity index (χ4v) is 5.40. The summed E-state index contributed by atoms with van der Waals surface area (Å²) < 4.78 is 53.8. The highest BCUT2D eigenvalue weighted by molar-refractivity contribution is 6.02. The Balaban J connectivity index is 1.30. The van der Waals surface area contributed by atoms with Crippen LogP contribution in [-0.4, -0.2) is 58.0 Å². The molecule has 1 aromatic carbocycles. The number of nitrogens with two attached hydrogens (primary N) is 1. The van der Waals surface area contributed by atoms with Crippen molar-refractivity contribution in [1.29, 1.82) is 0 Å². The Hall–Kier alpha value is -3.51. The van der Waals surface area contributed by atoms with Gasteiger partial charge < -0.3 is 24.8 Å². The van der Waals surface area contributed by atoms with Crippen molar-refractivity contribution in [1.82, 2.24) is 20.1 Å². The molecule has 3 aliphatic heterocycles. The van der Waals surface area contributed by atoms with Crippen molar-refractivity contribution in [3.05, 3.63) is 52.2 Å². The molecule has 1 amide bonds. The van der Waals surface area contributed by atoms with Crippen LogP contribution in [0.4, 0.5) is 19.0 Å². The number of nitrogens with zero attached hydrogens (tertiary/aromatic N) is 4. The smallest absolute Gasteiger partial charge is 0.392 e. The molecule has 194 valence electrons. The van der Waals surface area contributed by atoms with E-state index in [1.165, 1.54) is 6.07 Å². The summed E-state index contributed by atoms with van der Waals surface area (Å²) in [5, 5.41) is 8.90. The summed E-state index contributed by atoms with van der Waals surface area (Å²) in [6, 6.07) is 6.16. The molecule has 0 aliphatic carbocycles. The molecule has 9 nitrogen and oxygen atoms in total. The van der Waals surface area contributed by atoms with Crippen LogP contribution in [0.25, 0.3) is 10.9 Å². The number of halogens is 3. The van der Waals surface area contributed by atoms with Gasteiger partial charge in [0.05, 0.1) is 62.2 Å². The van der Waals surface area contributed by atoms with Gasteiger partial charge in [0.25, 0.3) is 5.91 Å². The highest BCUT2D eigenvalue weighted by Crippen LogP contribution is 2.41. The zero-order valence-corrected chi connectivity index (χ0v) is 19.9. The Kier molecular flexibility index (Phi) is 5.68. The van der Waals surface area contributed by atoms with Crippen molar-refractivity contribution >= 4 is 22.6 Å². The van der Waals surface area contributed by atoms with E-state index in [0.29, 0.717) is 36.7 Å². The molecule has 0 bridgehead atoms. The van der Waals surface area contributed by atoms with E-state index in [1.807, 2.05) is 19.1 Å². The highest BCUT2D eigenvalue weighted by Gasteiger charge is 2.42. The van der Waals surface area contributed by atoms with Gasteiger partial charge in [-0.25, -0.2) is 4.98 Å². The maximum absolute atomic E-state index is 13.8. The third kappa shape index (κ3) is 4.23. The van der Waals surface area contributed by atoms with Gasteiger partial charge in [0, 0.05) is 22.6 Å². The maximum atomic E-state index is 13.8. The van der Waals surface area contributed by atoms with Crippen LogP contribution in [0.2, 0.25) is 0 Å². The molecule has 0 saturated carbocycles. The fraction of sp³-hybridized carbons (Fsp3) is 0.440. The number of nitrogen functional groups attached to an aromatic ring is 1. The summed E-state index contributed by atoms with van der Waals surface area (Å²) in [6.45, 7) is 2.39. The number of anilines is 1. The second kappa shape index (κ2) is 8.80. The van der Waals surface area contributed by atoms with E-state index in [-0.39, 0.29) is 30.5 Å². The molecular formula is C25H24F3N5O4. The predicted molar refractivity (Wildman–Crippen MR) is 125 cm³/mol. The summed E-state index contributed by atoms with van der Waals surface area (Å²) in [5.41, 5.74) is 10.7. The summed E-state index contributed by atoms with van der Waals surface area (Å²) >= 11 is 0. The molecule has 37 heavy (non-hydrogen) atoms. The van der Waals surface area contributed by atoms with Gasteiger partial charge in [0.15, 0.2) is 0 Å². The van der Waals surface area contributed by atoms with Gasteiger partial charge in [-0.2, -0.15) is 13.2 Å². The quantitative estimate of drug-likeness (QED) is 0.560. The molecule has 5 heterocycles. The number of fused-ring (bicyclic) bond motifs is 5. The zero-order valence-electron chi connectivity index (χ0n) is 19.9. The van der Waals surface area contributed by atoms with Crippen LogP contribution in [-0.2, 0) is 22.5 Å². The first kappa shape index (κ1) is 23.9. The first-order valence-electron chi connectivity index (χ1n) is 12.0. The monoisotopic (exact) mass is 515 g/mol. The molecule has 12 heteroatoms. The number of hydrogen-bond donors (Lipinski definition) is 1.